The van der Waals surface area contributed by atoms with Crippen LogP contribution in [-0.2, 0) is 30.7 Å². The van der Waals surface area contributed by atoms with Crippen LogP contribution >= 0.6 is 0 Å². The van der Waals surface area contributed by atoms with Crippen molar-refractivity contribution < 1.29 is 27.5 Å². The zero-order valence-electron chi connectivity index (χ0n) is 17.5. The Morgan fingerprint density at radius 2 is 1.68 bits per heavy atom. The number of anilines is 1. The summed E-state index contributed by atoms with van der Waals surface area (Å²) in [5.41, 5.74) is 1.92. The molecule has 1 fully saturated rings. The van der Waals surface area contributed by atoms with E-state index in [4.69, 9.17) is 9.47 Å². The lowest BCUT2D eigenvalue weighted by Crippen LogP contribution is -2.40. The summed E-state index contributed by atoms with van der Waals surface area (Å²) >= 11 is 0. The number of nitrogens with zero attached hydrogens (tertiary/aromatic N) is 1. The normalized spacial score (nSPS) is 15.8. The maximum Gasteiger partial charge on any atom is 0.338 e. The monoisotopic (exact) mass is 446 g/mol. The zero-order valence-corrected chi connectivity index (χ0v) is 18.4. The van der Waals surface area contributed by atoms with E-state index in [1.807, 2.05) is 19.1 Å². The minimum absolute atomic E-state index is 0.0901. The lowest BCUT2D eigenvalue weighted by atomic mass is 10.1. The van der Waals surface area contributed by atoms with Crippen LogP contribution < -0.4 is 5.32 Å². The average molecular weight is 447 g/mol. The van der Waals surface area contributed by atoms with Crippen molar-refractivity contribution in [3.8, 4) is 0 Å². The third-order valence-electron chi connectivity index (χ3n) is 4.98. The van der Waals surface area contributed by atoms with Crippen molar-refractivity contribution >= 4 is 27.6 Å². The molecule has 1 saturated heterocycles. The van der Waals surface area contributed by atoms with Crippen LogP contribution in [0.25, 0.3) is 0 Å². The fraction of sp³-hybridized carbons (Fsp3) is 0.364. The number of sulfonamides is 1. The smallest absolute Gasteiger partial charge is 0.338 e. The number of esters is 1. The van der Waals surface area contributed by atoms with Crippen LogP contribution in [0.15, 0.2) is 53.4 Å². The summed E-state index contributed by atoms with van der Waals surface area (Å²) in [6.07, 6.45) is -0.121. The average Bonchev–Trinajstić information content (AvgIpc) is 2.80. The van der Waals surface area contributed by atoms with Gasteiger partial charge in [-0.15, -0.1) is 0 Å². The predicted molar refractivity (Wildman–Crippen MR) is 115 cm³/mol. The van der Waals surface area contributed by atoms with Gasteiger partial charge in [-0.3, -0.25) is 4.79 Å². The summed E-state index contributed by atoms with van der Waals surface area (Å²) in [5.74, 6) is -1.16. The van der Waals surface area contributed by atoms with E-state index in [1.165, 1.54) is 35.5 Å². The maximum atomic E-state index is 12.7. The number of ether oxygens (including phenoxy) is 2. The Morgan fingerprint density at radius 3 is 2.26 bits per heavy atom. The van der Waals surface area contributed by atoms with Gasteiger partial charge < -0.3 is 14.8 Å². The minimum Gasteiger partial charge on any atom is -0.449 e. The van der Waals surface area contributed by atoms with Crippen molar-refractivity contribution in [3.05, 3.63) is 59.7 Å². The molecule has 0 aliphatic carbocycles. The fourth-order valence-corrected chi connectivity index (χ4v) is 4.46. The maximum absolute atomic E-state index is 12.7. The Hall–Kier alpha value is -2.75. The van der Waals surface area contributed by atoms with Crippen LogP contribution in [0.4, 0.5) is 5.69 Å². The van der Waals surface area contributed by atoms with Crippen LogP contribution in [0, 0.1) is 0 Å². The van der Waals surface area contributed by atoms with Gasteiger partial charge in [0.05, 0.1) is 23.7 Å². The molecule has 9 heteroatoms. The van der Waals surface area contributed by atoms with Gasteiger partial charge >= 0.3 is 5.97 Å². The molecule has 1 N–H and O–H groups in total. The zero-order chi connectivity index (χ0) is 22.4. The second kappa shape index (κ2) is 10.0. The van der Waals surface area contributed by atoms with Gasteiger partial charge in [0.2, 0.25) is 10.0 Å². The number of benzene rings is 2. The van der Waals surface area contributed by atoms with Crippen LogP contribution in [0.1, 0.15) is 29.8 Å². The SMILES string of the molecule is CCc1ccc(NC(=O)[C@@H](C)OC(=O)c2ccc(S(=O)(=O)N3CCOCC3)cc2)cc1. The van der Waals surface area contributed by atoms with E-state index >= 15 is 0 Å². The number of nitrogens with one attached hydrogen (secondary N) is 1. The largest absolute Gasteiger partial charge is 0.449 e. The second-order valence-electron chi connectivity index (χ2n) is 7.13. The highest BCUT2D eigenvalue weighted by atomic mass is 32.2. The van der Waals surface area contributed by atoms with E-state index in [9.17, 15) is 18.0 Å². The lowest BCUT2D eigenvalue weighted by molar-refractivity contribution is -0.123. The van der Waals surface area contributed by atoms with Crippen LogP contribution in [0.2, 0.25) is 0 Å². The van der Waals surface area contributed by atoms with E-state index in [-0.39, 0.29) is 10.5 Å². The lowest BCUT2D eigenvalue weighted by Gasteiger charge is -2.26. The van der Waals surface area contributed by atoms with E-state index in [0.717, 1.165) is 12.0 Å². The molecule has 0 radical (unpaired) electrons. The van der Waals surface area contributed by atoms with Gasteiger partial charge in [0.1, 0.15) is 0 Å². The van der Waals surface area contributed by atoms with Crippen molar-refractivity contribution in [2.75, 3.05) is 31.6 Å². The molecule has 31 heavy (non-hydrogen) atoms. The molecule has 1 aliphatic rings. The van der Waals surface area contributed by atoms with Gasteiger partial charge in [0, 0.05) is 18.8 Å². The Balaban J connectivity index is 1.59. The molecule has 0 spiro atoms. The number of hydrogen-bond acceptors (Lipinski definition) is 6. The first-order valence-electron chi connectivity index (χ1n) is 10.1. The Morgan fingerprint density at radius 1 is 1.06 bits per heavy atom. The number of rotatable bonds is 7. The van der Waals surface area contributed by atoms with Crippen molar-refractivity contribution in [3.63, 3.8) is 0 Å². The summed E-state index contributed by atoms with van der Waals surface area (Å²) < 4.78 is 37.1. The van der Waals surface area contributed by atoms with Gasteiger partial charge in [0.25, 0.3) is 5.91 Å². The van der Waals surface area contributed by atoms with Crippen molar-refractivity contribution in [1.82, 2.24) is 4.31 Å². The van der Waals surface area contributed by atoms with Crippen molar-refractivity contribution in [2.24, 2.45) is 0 Å². The molecular weight excluding hydrogens is 420 g/mol. The number of amides is 1. The first-order valence-corrected chi connectivity index (χ1v) is 11.5. The quantitative estimate of drug-likeness (QED) is 0.656. The molecule has 8 nitrogen and oxygen atoms in total. The first kappa shape index (κ1) is 22.9. The number of hydrogen-bond donors (Lipinski definition) is 1. The third kappa shape index (κ3) is 5.69. The standard InChI is InChI=1S/C22H26N2O6S/c1-3-17-4-8-19(9-5-17)23-21(25)16(2)30-22(26)18-6-10-20(11-7-18)31(27,28)24-12-14-29-15-13-24/h4-11,16H,3,12-15H2,1-2H3,(H,23,25)/t16-/m1/s1. The van der Waals surface area contributed by atoms with E-state index in [2.05, 4.69) is 5.32 Å². The Bertz CT molecular complexity index is 1010. The summed E-state index contributed by atoms with van der Waals surface area (Å²) in [4.78, 5) is 24.8. The number of aryl methyl sites for hydroxylation is 1. The summed E-state index contributed by atoms with van der Waals surface area (Å²) in [5, 5.41) is 2.70. The summed E-state index contributed by atoms with van der Waals surface area (Å²) in [6, 6.07) is 12.9. The number of carbonyl (C=O) groups is 2. The topological polar surface area (TPSA) is 102 Å². The fourth-order valence-electron chi connectivity index (χ4n) is 3.05. The Labute approximate surface area is 182 Å². The number of carbonyl (C=O) groups excluding carboxylic acids is 2. The molecule has 1 aliphatic heterocycles. The van der Waals surface area contributed by atoms with Crippen LogP contribution in [0.5, 0.6) is 0 Å². The van der Waals surface area contributed by atoms with Gasteiger partial charge in [-0.05, 0) is 55.3 Å². The molecular formula is C22H26N2O6S. The molecule has 1 amide bonds. The second-order valence-corrected chi connectivity index (χ2v) is 9.07. The molecule has 2 aromatic rings. The van der Waals surface area contributed by atoms with Gasteiger partial charge in [-0.25, -0.2) is 13.2 Å². The summed E-state index contributed by atoms with van der Waals surface area (Å²) in [6.45, 7) is 4.81. The molecule has 0 saturated carbocycles. The molecule has 1 heterocycles. The molecule has 1 atom stereocenters. The molecule has 0 bridgehead atoms. The van der Waals surface area contributed by atoms with Crippen LogP contribution in [-0.4, -0.2) is 57.0 Å². The minimum atomic E-state index is -3.64. The first-order chi connectivity index (χ1) is 14.8. The van der Waals surface area contributed by atoms with Crippen LogP contribution in [0.3, 0.4) is 0 Å². The molecule has 2 aromatic carbocycles. The van der Waals surface area contributed by atoms with E-state index < -0.39 is 28.0 Å². The van der Waals surface area contributed by atoms with Gasteiger partial charge in [-0.1, -0.05) is 19.1 Å². The van der Waals surface area contributed by atoms with E-state index in [0.29, 0.717) is 32.0 Å². The Kier molecular flexibility index (Phi) is 7.42. The molecule has 0 aromatic heterocycles. The number of morpholine rings is 1. The molecule has 0 unspecified atom stereocenters. The van der Waals surface area contributed by atoms with Crippen molar-refractivity contribution in [2.45, 2.75) is 31.3 Å². The molecule has 3 rings (SSSR count). The highest BCUT2D eigenvalue weighted by Gasteiger charge is 2.26. The molecule has 166 valence electrons. The van der Waals surface area contributed by atoms with Gasteiger partial charge in [0.15, 0.2) is 6.10 Å². The van der Waals surface area contributed by atoms with Crippen molar-refractivity contribution in [1.29, 1.82) is 0 Å². The summed E-state index contributed by atoms with van der Waals surface area (Å²) in [7, 11) is -3.64. The van der Waals surface area contributed by atoms with Gasteiger partial charge in [-0.2, -0.15) is 4.31 Å². The predicted octanol–water partition coefficient (Wildman–Crippen LogP) is 2.45. The highest BCUT2D eigenvalue weighted by Crippen LogP contribution is 2.18. The third-order valence-corrected chi connectivity index (χ3v) is 6.89. The highest BCUT2D eigenvalue weighted by molar-refractivity contribution is 7.89. The van der Waals surface area contributed by atoms with E-state index in [1.54, 1.807) is 12.1 Å².